The Morgan fingerprint density at radius 3 is 2.34 bits per heavy atom. The average Bonchev–Trinajstić information content (AvgIpc) is 3.37. The number of hydrogen-bond acceptors (Lipinski definition) is 10. The van der Waals surface area contributed by atoms with Crippen LogP contribution in [0.1, 0.15) is 56.6 Å². The second kappa shape index (κ2) is 14.8. The van der Waals surface area contributed by atoms with Crippen LogP contribution in [0.2, 0.25) is 0 Å². The molecule has 1 aliphatic heterocycles. The van der Waals surface area contributed by atoms with E-state index in [1.54, 1.807) is 6.07 Å². The van der Waals surface area contributed by atoms with Crippen molar-refractivity contribution in [2.24, 2.45) is 0 Å². The number of aliphatic hydroxyl groups excluding tert-OH is 1. The number of carbonyl (C=O) groups is 2. The zero-order valence-corrected chi connectivity index (χ0v) is 20.0. The van der Waals surface area contributed by atoms with Crippen molar-refractivity contribution >= 4 is 30.7 Å². The molecule has 1 fully saturated rings. The van der Waals surface area contributed by atoms with Crippen LogP contribution < -0.4 is 19.5 Å². The molecule has 0 unspecified atom stereocenters. The number of ketones is 1. The highest BCUT2D eigenvalue weighted by Gasteiger charge is 2.28. The third-order valence-corrected chi connectivity index (χ3v) is 5.84. The highest BCUT2D eigenvalue weighted by atomic mass is 16.5. The van der Waals surface area contributed by atoms with E-state index in [1.807, 2.05) is 0 Å². The summed E-state index contributed by atoms with van der Waals surface area (Å²) in [4.78, 5) is 26.1. The standard InChI is InChI=1S/C24H35N5O6/c1-33-20-11-17(12-21(34-15-26)24(20)35-16-27)23(32)19(14-29-9-5-6-10-29)28-22(31)8-4-2-3-7-18(30)13-25/h11-13,15-16,19,23,25-27,32H,2-10,14H2,1H3,(H,28,31)/t19-,23-/m1/s1. The molecule has 5 N–H and O–H groups in total. The van der Waals surface area contributed by atoms with Gasteiger partial charge >= 0.3 is 0 Å². The summed E-state index contributed by atoms with van der Waals surface area (Å²) in [6, 6.07) is 2.46. The van der Waals surface area contributed by atoms with Gasteiger partial charge in [0.25, 0.3) is 0 Å². The average molecular weight is 490 g/mol. The SMILES string of the molecule is COc1cc([C@@H](O)[C@@H](CN2CCCC2)NC(=O)CCCCCC(=O)C=N)cc(OC=N)c1OC=N. The van der Waals surface area contributed by atoms with Crippen molar-refractivity contribution in [3.63, 3.8) is 0 Å². The van der Waals surface area contributed by atoms with Gasteiger partial charge in [-0.1, -0.05) is 6.42 Å². The number of methoxy groups -OCH3 is 1. The summed E-state index contributed by atoms with van der Waals surface area (Å²) >= 11 is 0. The van der Waals surface area contributed by atoms with Gasteiger partial charge < -0.3 is 34.9 Å². The third-order valence-electron chi connectivity index (χ3n) is 5.84. The predicted molar refractivity (Wildman–Crippen MR) is 131 cm³/mol. The summed E-state index contributed by atoms with van der Waals surface area (Å²) in [7, 11) is 1.41. The maximum absolute atomic E-state index is 12.7. The fraction of sp³-hybridized carbons (Fsp3) is 0.542. The maximum atomic E-state index is 12.7. The van der Waals surface area contributed by atoms with Crippen LogP contribution >= 0.6 is 0 Å². The molecule has 11 heteroatoms. The van der Waals surface area contributed by atoms with E-state index in [2.05, 4.69) is 10.2 Å². The van der Waals surface area contributed by atoms with E-state index in [1.165, 1.54) is 13.2 Å². The summed E-state index contributed by atoms with van der Waals surface area (Å²) in [6.45, 7) is 2.23. The lowest BCUT2D eigenvalue weighted by atomic mass is 10.00. The molecule has 2 rings (SSSR count). The molecule has 1 aliphatic rings. The van der Waals surface area contributed by atoms with Crippen LogP contribution in [0.3, 0.4) is 0 Å². The first kappa shape index (κ1) is 27.9. The first-order chi connectivity index (χ1) is 16.9. The summed E-state index contributed by atoms with van der Waals surface area (Å²) in [5, 5.41) is 35.6. The predicted octanol–water partition coefficient (Wildman–Crippen LogP) is 2.45. The molecular formula is C24H35N5O6. The Labute approximate surface area is 205 Å². The second-order valence-corrected chi connectivity index (χ2v) is 8.32. The zero-order valence-electron chi connectivity index (χ0n) is 20.0. The quantitative estimate of drug-likeness (QED) is 0.127. The largest absolute Gasteiger partial charge is 0.493 e. The van der Waals surface area contributed by atoms with E-state index in [0.29, 0.717) is 50.6 Å². The van der Waals surface area contributed by atoms with Crippen LogP contribution in [0.4, 0.5) is 0 Å². The molecular weight excluding hydrogens is 454 g/mol. The number of rotatable bonds is 17. The molecule has 1 amide bonds. The Morgan fingerprint density at radius 1 is 1.06 bits per heavy atom. The van der Waals surface area contributed by atoms with Gasteiger partial charge in [-0.3, -0.25) is 20.4 Å². The number of aliphatic hydroxyl groups is 1. The minimum absolute atomic E-state index is 0.0996. The number of amides is 1. The Morgan fingerprint density at radius 2 is 1.71 bits per heavy atom. The molecule has 0 radical (unpaired) electrons. The van der Waals surface area contributed by atoms with Crippen LogP contribution in [0.25, 0.3) is 0 Å². The number of nitrogens with one attached hydrogen (secondary N) is 4. The van der Waals surface area contributed by atoms with Crippen molar-refractivity contribution in [1.29, 1.82) is 16.2 Å². The van der Waals surface area contributed by atoms with E-state index in [0.717, 1.165) is 32.1 Å². The topological polar surface area (TPSA) is 169 Å². The van der Waals surface area contributed by atoms with E-state index in [9.17, 15) is 14.7 Å². The van der Waals surface area contributed by atoms with E-state index in [4.69, 9.17) is 30.4 Å². The fourth-order valence-electron chi connectivity index (χ4n) is 4.06. The molecule has 0 aliphatic carbocycles. The first-order valence-corrected chi connectivity index (χ1v) is 11.7. The molecule has 0 spiro atoms. The summed E-state index contributed by atoms with van der Waals surface area (Å²) < 4.78 is 15.7. The molecule has 1 aromatic carbocycles. The number of benzene rings is 1. The number of unbranched alkanes of at least 4 members (excludes halogenated alkanes) is 2. The lowest BCUT2D eigenvalue weighted by Gasteiger charge is -2.29. The van der Waals surface area contributed by atoms with Crippen LogP contribution in [0.15, 0.2) is 12.1 Å². The molecule has 1 aromatic rings. The molecule has 2 atom stereocenters. The molecule has 0 bridgehead atoms. The van der Waals surface area contributed by atoms with Crippen LogP contribution in [-0.2, 0) is 9.59 Å². The van der Waals surface area contributed by atoms with Gasteiger partial charge in [0.15, 0.2) is 30.1 Å². The van der Waals surface area contributed by atoms with Crippen LogP contribution in [-0.4, -0.2) is 73.5 Å². The smallest absolute Gasteiger partial charge is 0.220 e. The van der Waals surface area contributed by atoms with Gasteiger partial charge in [-0.2, -0.15) is 0 Å². The number of carbonyl (C=O) groups excluding carboxylic acids is 2. The van der Waals surface area contributed by atoms with Gasteiger partial charge in [-0.15, -0.1) is 0 Å². The summed E-state index contributed by atoms with van der Waals surface area (Å²) in [6.07, 6.45) is 5.75. The molecule has 1 heterocycles. The van der Waals surface area contributed by atoms with E-state index in [-0.39, 0.29) is 35.4 Å². The Kier molecular flexibility index (Phi) is 11.8. The third kappa shape index (κ3) is 8.76. The van der Waals surface area contributed by atoms with Crippen molar-refractivity contribution in [3.8, 4) is 17.2 Å². The zero-order chi connectivity index (χ0) is 25.6. The number of ether oxygens (including phenoxy) is 3. The molecule has 1 saturated heterocycles. The monoisotopic (exact) mass is 489 g/mol. The first-order valence-electron chi connectivity index (χ1n) is 11.7. The number of likely N-dealkylation sites (tertiary alicyclic amines) is 1. The van der Waals surface area contributed by atoms with Crippen molar-refractivity contribution in [2.75, 3.05) is 26.7 Å². The number of nitrogens with zero attached hydrogens (tertiary/aromatic N) is 1. The lowest BCUT2D eigenvalue weighted by Crippen LogP contribution is -2.46. The highest BCUT2D eigenvalue weighted by Crippen LogP contribution is 2.40. The minimum Gasteiger partial charge on any atom is -0.493 e. The molecule has 11 nitrogen and oxygen atoms in total. The summed E-state index contributed by atoms with van der Waals surface area (Å²) in [5.74, 6) is -0.000728. The van der Waals surface area contributed by atoms with Crippen LogP contribution in [0.5, 0.6) is 17.2 Å². The highest BCUT2D eigenvalue weighted by molar-refractivity contribution is 6.26. The van der Waals surface area contributed by atoms with Gasteiger partial charge in [0.2, 0.25) is 11.7 Å². The van der Waals surface area contributed by atoms with Gasteiger partial charge in [0.05, 0.1) is 19.4 Å². The van der Waals surface area contributed by atoms with Gasteiger partial charge in [0, 0.05) is 19.4 Å². The van der Waals surface area contributed by atoms with E-state index < -0.39 is 12.1 Å². The molecule has 0 saturated carbocycles. The number of Topliss-reactive ketones (excluding diaryl/α,β-unsaturated/α-hetero) is 1. The van der Waals surface area contributed by atoms with Crippen LogP contribution in [0, 0.1) is 16.2 Å². The van der Waals surface area contributed by atoms with Gasteiger partial charge in [-0.05, 0) is 56.5 Å². The van der Waals surface area contributed by atoms with Crippen molar-refractivity contribution in [3.05, 3.63) is 17.7 Å². The lowest BCUT2D eigenvalue weighted by molar-refractivity contribution is -0.123. The van der Waals surface area contributed by atoms with Crippen molar-refractivity contribution in [1.82, 2.24) is 10.2 Å². The Balaban J connectivity index is 2.15. The number of hydrogen-bond donors (Lipinski definition) is 5. The molecule has 0 aromatic heterocycles. The normalized spacial score (nSPS) is 15.0. The fourth-order valence-corrected chi connectivity index (χ4v) is 4.06. The van der Waals surface area contributed by atoms with Gasteiger partial charge in [0.1, 0.15) is 6.10 Å². The second-order valence-electron chi connectivity index (χ2n) is 8.32. The van der Waals surface area contributed by atoms with Crippen molar-refractivity contribution in [2.45, 2.75) is 57.1 Å². The van der Waals surface area contributed by atoms with Gasteiger partial charge in [-0.25, -0.2) is 0 Å². The van der Waals surface area contributed by atoms with E-state index >= 15 is 0 Å². The molecule has 35 heavy (non-hydrogen) atoms. The Hall–Kier alpha value is -3.31. The maximum Gasteiger partial charge on any atom is 0.220 e. The minimum atomic E-state index is -1.10. The molecule has 192 valence electrons. The summed E-state index contributed by atoms with van der Waals surface area (Å²) in [5.41, 5.74) is 0.408. The van der Waals surface area contributed by atoms with Crippen molar-refractivity contribution < 1.29 is 28.9 Å². The Bertz CT molecular complexity index is 887.